The van der Waals surface area contributed by atoms with Crippen LogP contribution in [0.25, 0.3) is 0 Å². The summed E-state index contributed by atoms with van der Waals surface area (Å²) in [5.41, 5.74) is 3.78. The Kier molecular flexibility index (Phi) is 3.54. The van der Waals surface area contributed by atoms with Crippen LogP contribution in [0.5, 0.6) is 0 Å². The van der Waals surface area contributed by atoms with Gasteiger partial charge in [-0.2, -0.15) is 0 Å². The quantitative estimate of drug-likeness (QED) is 0.785. The van der Waals surface area contributed by atoms with Gasteiger partial charge in [-0.15, -0.1) is 0 Å². The van der Waals surface area contributed by atoms with Crippen LogP contribution in [0.4, 0.5) is 8.78 Å². The van der Waals surface area contributed by atoms with Crippen molar-refractivity contribution in [3.8, 4) is 0 Å². The van der Waals surface area contributed by atoms with E-state index in [4.69, 9.17) is 22.4 Å². The molecule has 0 aromatic carbocycles. The van der Waals surface area contributed by atoms with Crippen molar-refractivity contribution in [1.82, 2.24) is 4.98 Å². The maximum Gasteiger partial charge on any atom is 0.355 e. The molecular formula is C8H7ClF2N2O2. The van der Waals surface area contributed by atoms with Crippen molar-refractivity contribution >= 4 is 17.6 Å². The molecule has 3 N–H and O–H groups in total. The number of nitrogens with two attached hydrogens (primary N) is 1. The van der Waals surface area contributed by atoms with Crippen molar-refractivity contribution in [2.24, 2.45) is 5.73 Å². The first-order chi connectivity index (χ1) is 6.97. The summed E-state index contributed by atoms with van der Waals surface area (Å²) in [6.45, 7) is -0.220. The van der Waals surface area contributed by atoms with E-state index in [-0.39, 0.29) is 17.3 Å². The largest absolute Gasteiger partial charge is 0.476 e. The highest BCUT2D eigenvalue weighted by Gasteiger charge is 2.23. The summed E-state index contributed by atoms with van der Waals surface area (Å²) < 4.78 is 25.1. The van der Waals surface area contributed by atoms with Crippen LogP contribution in [-0.4, -0.2) is 16.1 Å². The van der Waals surface area contributed by atoms with E-state index in [9.17, 15) is 13.6 Å². The van der Waals surface area contributed by atoms with Crippen LogP contribution in [0.1, 0.15) is 28.0 Å². The second-order valence-corrected chi connectivity index (χ2v) is 3.06. The van der Waals surface area contributed by atoms with Crippen molar-refractivity contribution in [3.63, 3.8) is 0 Å². The number of halogens is 3. The lowest BCUT2D eigenvalue weighted by molar-refractivity contribution is 0.0676. The molecule has 0 aliphatic heterocycles. The average molecular weight is 237 g/mol. The van der Waals surface area contributed by atoms with Gasteiger partial charge in [0.05, 0.1) is 5.56 Å². The fourth-order valence-electron chi connectivity index (χ4n) is 1.15. The molecule has 0 unspecified atom stereocenters. The van der Waals surface area contributed by atoms with Crippen LogP contribution >= 0.6 is 11.6 Å². The van der Waals surface area contributed by atoms with Gasteiger partial charge < -0.3 is 10.8 Å². The number of carboxylic acids is 1. The van der Waals surface area contributed by atoms with Crippen LogP contribution in [0.3, 0.4) is 0 Å². The Balaban J connectivity index is 3.47. The van der Waals surface area contributed by atoms with Crippen molar-refractivity contribution in [1.29, 1.82) is 0 Å². The molecule has 1 aromatic rings. The lowest BCUT2D eigenvalue weighted by Crippen LogP contribution is -2.12. The van der Waals surface area contributed by atoms with Gasteiger partial charge in [0, 0.05) is 6.54 Å². The predicted molar refractivity (Wildman–Crippen MR) is 49.1 cm³/mol. The molecule has 0 atom stereocenters. The van der Waals surface area contributed by atoms with Crippen molar-refractivity contribution in [2.75, 3.05) is 0 Å². The first-order valence-corrected chi connectivity index (χ1v) is 4.26. The average Bonchev–Trinajstić information content (AvgIpc) is 2.15. The van der Waals surface area contributed by atoms with E-state index in [1.54, 1.807) is 0 Å². The molecule has 0 bridgehead atoms. The maximum atomic E-state index is 12.6. The zero-order valence-electron chi connectivity index (χ0n) is 7.38. The minimum absolute atomic E-state index is 0.0117. The number of aromatic nitrogens is 1. The Morgan fingerprint density at radius 1 is 1.67 bits per heavy atom. The number of alkyl halides is 2. The Hall–Kier alpha value is -1.27. The van der Waals surface area contributed by atoms with Gasteiger partial charge in [-0.25, -0.2) is 18.6 Å². The monoisotopic (exact) mass is 236 g/mol. The highest BCUT2D eigenvalue weighted by molar-refractivity contribution is 6.29. The summed E-state index contributed by atoms with van der Waals surface area (Å²) in [5, 5.41) is 8.49. The van der Waals surface area contributed by atoms with Gasteiger partial charge in [0.2, 0.25) is 0 Å². The molecule has 82 valence electrons. The smallest absolute Gasteiger partial charge is 0.355 e. The molecule has 0 radical (unpaired) electrons. The third-order valence-corrected chi connectivity index (χ3v) is 1.95. The van der Waals surface area contributed by atoms with E-state index in [1.807, 2.05) is 0 Å². The normalized spacial score (nSPS) is 10.7. The molecule has 1 aromatic heterocycles. The molecule has 0 fully saturated rings. The minimum atomic E-state index is -2.94. The highest BCUT2D eigenvalue weighted by atomic mass is 35.5. The number of pyridine rings is 1. The van der Waals surface area contributed by atoms with Gasteiger partial charge in [0.25, 0.3) is 6.43 Å². The molecule has 1 heterocycles. The summed E-state index contributed by atoms with van der Waals surface area (Å²) in [4.78, 5) is 14.0. The maximum absolute atomic E-state index is 12.6. The molecule has 0 aliphatic rings. The predicted octanol–water partition coefficient (Wildman–Crippen LogP) is 1.83. The van der Waals surface area contributed by atoms with Gasteiger partial charge in [0.1, 0.15) is 5.15 Å². The van der Waals surface area contributed by atoms with E-state index in [2.05, 4.69) is 4.98 Å². The van der Waals surface area contributed by atoms with Gasteiger partial charge in [-0.3, -0.25) is 0 Å². The number of nitrogens with zero attached hydrogens (tertiary/aromatic N) is 1. The third kappa shape index (κ3) is 2.40. The van der Waals surface area contributed by atoms with E-state index in [0.29, 0.717) is 0 Å². The summed E-state index contributed by atoms with van der Waals surface area (Å²) in [6, 6.07) is 1.13. The van der Waals surface area contributed by atoms with Crippen molar-refractivity contribution in [2.45, 2.75) is 13.0 Å². The lowest BCUT2D eigenvalue weighted by Gasteiger charge is -2.09. The fraction of sp³-hybridized carbons (Fsp3) is 0.250. The van der Waals surface area contributed by atoms with Crippen molar-refractivity contribution in [3.05, 3.63) is 28.0 Å². The Morgan fingerprint density at radius 2 is 2.27 bits per heavy atom. The summed E-state index contributed by atoms with van der Waals surface area (Å²) in [7, 11) is 0. The molecule has 4 nitrogen and oxygen atoms in total. The topological polar surface area (TPSA) is 76.2 Å². The van der Waals surface area contributed by atoms with Gasteiger partial charge in [-0.05, 0) is 11.6 Å². The van der Waals surface area contributed by atoms with Gasteiger partial charge >= 0.3 is 5.97 Å². The molecule has 1 rings (SSSR count). The van der Waals surface area contributed by atoms with E-state index < -0.39 is 23.7 Å². The highest BCUT2D eigenvalue weighted by Crippen LogP contribution is 2.27. The van der Waals surface area contributed by atoms with Gasteiger partial charge in [-0.1, -0.05) is 11.6 Å². The SMILES string of the molecule is NCc1cc(Cl)nc(C(=O)O)c1C(F)F. The zero-order valence-corrected chi connectivity index (χ0v) is 8.13. The molecule has 0 aliphatic carbocycles. The number of carboxylic acid groups (broad SMARTS) is 1. The molecule has 0 spiro atoms. The molecular weight excluding hydrogens is 230 g/mol. The number of carbonyl (C=O) groups is 1. The van der Waals surface area contributed by atoms with Crippen LogP contribution in [0, 0.1) is 0 Å². The third-order valence-electron chi connectivity index (χ3n) is 1.75. The second-order valence-electron chi connectivity index (χ2n) is 2.68. The first kappa shape index (κ1) is 11.8. The first-order valence-electron chi connectivity index (χ1n) is 3.88. The van der Waals surface area contributed by atoms with Gasteiger partial charge in [0.15, 0.2) is 5.69 Å². The molecule has 0 saturated carbocycles. The fourth-order valence-corrected chi connectivity index (χ4v) is 1.36. The second kappa shape index (κ2) is 4.50. The van der Waals surface area contributed by atoms with Crippen LogP contribution in [0.15, 0.2) is 6.07 Å². The van der Waals surface area contributed by atoms with E-state index >= 15 is 0 Å². The van der Waals surface area contributed by atoms with E-state index in [0.717, 1.165) is 6.07 Å². The minimum Gasteiger partial charge on any atom is -0.476 e. The Bertz CT molecular complexity index is 398. The Morgan fingerprint density at radius 3 is 2.67 bits per heavy atom. The van der Waals surface area contributed by atoms with Crippen LogP contribution in [0.2, 0.25) is 5.15 Å². The van der Waals surface area contributed by atoms with Crippen molar-refractivity contribution < 1.29 is 18.7 Å². The number of hydrogen-bond donors (Lipinski definition) is 2. The van der Waals surface area contributed by atoms with Crippen LogP contribution in [-0.2, 0) is 6.54 Å². The number of hydrogen-bond acceptors (Lipinski definition) is 3. The van der Waals surface area contributed by atoms with Crippen LogP contribution < -0.4 is 5.73 Å². The molecule has 0 saturated heterocycles. The Labute approximate surface area is 88.7 Å². The van der Waals surface area contributed by atoms with E-state index in [1.165, 1.54) is 0 Å². The molecule has 0 amide bonds. The lowest BCUT2D eigenvalue weighted by atomic mass is 10.1. The molecule has 7 heteroatoms. The zero-order chi connectivity index (χ0) is 11.6. The summed E-state index contributed by atoms with van der Waals surface area (Å²) in [5.74, 6) is -1.55. The standard InChI is InChI=1S/C8H7ClF2N2O2/c9-4-1-3(2-12)5(7(10)11)6(13-4)8(14)15/h1,7H,2,12H2,(H,14,15). The summed E-state index contributed by atoms with van der Waals surface area (Å²) >= 11 is 5.47. The number of aromatic carboxylic acids is 1. The molecule has 15 heavy (non-hydrogen) atoms. The number of rotatable bonds is 3. The summed E-state index contributed by atoms with van der Waals surface area (Å²) in [6.07, 6.45) is -2.94.